The van der Waals surface area contributed by atoms with Crippen LogP contribution in [0.3, 0.4) is 0 Å². The first-order valence-electron chi connectivity index (χ1n) is 7.57. The molecule has 0 saturated heterocycles. The summed E-state index contributed by atoms with van der Waals surface area (Å²) in [6.45, 7) is 1.73. The van der Waals surface area contributed by atoms with Crippen molar-refractivity contribution in [3.63, 3.8) is 0 Å². The van der Waals surface area contributed by atoms with Crippen molar-refractivity contribution in [2.75, 3.05) is 26.3 Å². The summed E-state index contributed by atoms with van der Waals surface area (Å²) >= 11 is 0. The minimum atomic E-state index is -4.86. The second kappa shape index (κ2) is 7.55. The zero-order valence-electron chi connectivity index (χ0n) is 13.2. The molecule has 1 aliphatic rings. The van der Waals surface area contributed by atoms with E-state index in [1.807, 2.05) is 0 Å². The van der Waals surface area contributed by atoms with Crippen LogP contribution >= 0.6 is 0 Å². The molecule has 1 aliphatic heterocycles. The smallest absolute Gasteiger partial charge is 0.471 e. The first-order chi connectivity index (χ1) is 11.3. The minimum absolute atomic E-state index is 0.00727. The van der Waals surface area contributed by atoms with Crippen molar-refractivity contribution >= 4 is 11.9 Å². The van der Waals surface area contributed by atoms with E-state index in [1.165, 1.54) is 0 Å². The number of halogens is 3. The molecule has 24 heavy (non-hydrogen) atoms. The largest absolute Gasteiger partial charge is 0.482 e. The summed E-state index contributed by atoms with van der Waals surface area (Å²) in [5.74, 6) is -1.86. The van der Waals surface area contributed by atoms with Gasteiger partial charge in [0.05, 0.1) is 6.61 Å². The molecule has 0 fully saturated rings. The van der Waals surface area contributed by atoms with Gasteiger partial charge in [0.2, 0.25) is 0 Å². The highest BCUT2D eigenvalue weighted by Gasteiger charge is 2.42. The summed E-state index contributed by atoms with van der Waals surface area (Å²) < 4.78 is 47.7. The summed E-state index contributed by atoms with van der Waals surface area (Å²) in [5.41, 5.74) is 1.68. The van der Waals surface area contributed by atoms with Crippen molar-refractivity contribution < 1.29 is 32.2 Å². The number of hydrogen-bond acceptors (Lipinski definition) is 4. The number of carbonyl (C=O) groups is 2. The fraction of sp³-hybridized carbons (Fsp3) is 0.500. The van der Waals surface area contributed by atoms with E-state index in [0.29, 0.717) is 18.6 Å². The van der Waals surface area contributed by atoms with Gasteiger partial charge in [-0.2, -0.15) is 13.2 Å². The molecule has 0 unspecified atom stereocenters. The van der Waals surface area contributed by atoms with Gasteiger partial charge in [0, 0.05) is 13.1 Å². The molecule has 5 nitrogen and oxygen atoms in total. The fourth-order valence-electron chi connectivity index (χ4n) is 2.52. The minimum Gasteiger partial charge on any atom is -0.482 e. The molecular weight excluding hydrogens is 327 g/mol. The van der Waals surface area contributed by atoms with E-state index in [4.69, 9.17) is 9.47 Å². The number of rotatable bonds is 4. The van der Waals surface area contributed by atoms with Crippen LogP contribution in [0, 0.1) is 0 Å². The number of carbonyl (C=O) groups excluding carboxylic acids is 2. The third-order valence-electron chi connectivity index (χ3n) is 3.67. The van der Waals surface area contributed by atoms with E-state index in [9.17, 15) is 22.8 Å². The third-order valence-corrected chi connectivity index (χ3v) is 3.67. The SMILES string of the molecule is CCOC(=O)COc1ccc2c(c1)CCN(C(=O)C(F)(F)F)CC2. The maximum absolute atomic E-state index is 12.5. The van der Waals surface area contributed by atoms with Crippen LogP contribution in [0.1, 0.15) is 18.1 Å². The molecule has 0 aromatic heterocycles. The Labute approximate surface area is 137 Å². The van der Waals surface area contributed by atoms with Crippen molar-refractivity contribution in [3.05, 3.63) is 29.3 Å². The maximum Gasteiger partial charge on any atom is 0.471 e. The lowest BCUT2D eigenvalue weighted by atomic mass is 10.0. The van der Waals surface area contributed by atoms with Gasteiger partial charge in [-0.25, -0.2) is 4.79 Å². The van der Waals surface area contributed by atoms with E-state index in [0.717, 1.165) is 16.0 Å². The number of hydrogen-bond donors (Lipinski definition) is 0. The van der Waals surface area contributed by atoms with Gasteiger partial charge >= 0.3 is 18.1 Å². The quantitative estimate of drug-likeness (QED) is 0.785. The lowest BCUT2D eigenvalue weighted by Crippen LogP contribution is -2.42. The highest BCUT2D eigenvalue weighted by molar-refractivity contribution is 5.82. The van der Waals surface area contributed by atoms with Crippen LogP contribution in [0.25, 0.3) is 0 Å². The van der Waals surface area contributed by atoms with Crippen LogP contribution in [0.15, 0.2) is 18.2 Å². The van der Waals surface area contributed by atoms with Gasteiger partial charge in [0.15, 0.2) is 6.61 Å². The number of amides is 1. The molecule has 1 aromatic carbocycles. The number of ether oxygens (including phenoxy) is 2. The number of nitrogens with zero attached hydrogens (tertiary/aromatic N) is 1. The summed E-state index contributed by atoms with van der Waals surface area (Å²) in [6, 6.07) is 5.09. The lowest BCUT2D eigenvalue weighted by molar-refractivity contribution is -0.185. The van der Waals surface area contributed by atoms with Crippen LogP contribution in [-0.4, -0.2) is 49.3 Å². The van der Waals surface area contributed by atoms with Crippen LogP contribution < -0.4 is 4.74 Å². The fourth-order valence-corrected chi connectivity index (χ4v) is 2.52. The molecule has 0 saturated carbocycles. The number of fused-ring (bicyclic) bond motifs is 1. The average molecular weight is 345 g/mol. The monoisotopic (exact) mass is 345 g/mol. The Morgan fingerprint density at radius 1 is 1.17 bits per heavy atom. The van der Waals surface area contributed by atoms with Gasteiger partial charge < -0.3 is 14.4 Å². The van der Waals surface area contributed by atoms with Gasteiger partial charge in [-0.05, 0) is 43.0 Å². The van der Waals surface area contributed by atoms with E-state index in [1.54, 1.807) is 25.1 Å². The molecule has 1 heterocycles. The Bertz CT molecular complexity index is 616. The third kappa shape index (κ3) is 4.62. The van der Waals surface area contributed by atoms with Crippen LogP contribution in [0.5, 0.6) is 5.75 Å². The molecule has 0 aliphatic carbocycles. The second-order valence-corrected chi connectivity index (χ2v) is 5.31. The number of esters is 1. The van der Waals surface area contributed by atoms with E-state index < -0.39 is 18.1 Å². The van der Waals surface area contributed by atoms with Crippen LogP contribution in [-0.2, 0) is 27.2 Å². The average Bonchev–Trinajstić information content (AvgIpc) is 2.73. The molecule has 1 amide bonds. The van der Waals surface area contributed by atoms with Gasteiger partial charge in [-0.1, -0.05) is 6.07 Å². The Kier molecular flexibility index (Phi) is 5.69. The standard InChI is InChI=1S/C16H18F3NO4/c1-2-23-14(21)10-24-13-4-3-11-5-7-20(8-6-12(11)9-13)15(22)16(17,18)19/h3-4,9H,2,5-8,10H2,1H3. The van der Waals surface area contributed by atoms with Crippen molar-refractivity contribution in [2.45, 2.75) is 25.9 Å². The van der Waals surface area contributed by atoms with Crippen LogP contribution in [0.2, 0.25) is 0 Å². The molecule has 0 atom stereocenters. The second-order valence-electron chi connectivity index (χ2n) is 5.31. The van der Waals surface area contributed by atoms with Crippen molar-refractivity contribution in [2.24, 2.45) is 0 Å². The van der Waals surface area contributed by atoms with Gasteiger partial charge in [-0.3, -0.25) is 4.79 Å². The molecule has 132 valence electrons. The highest BCUT2D eigenvalue weighted by Crippen LogP contribution is 2.24. The molecule has 1 aromatic rings. The maximum atomic E-state index is 12.5. The highest BCUT2D eigenvalue weighted by atomic mass is 19.4. The molecule has 0 N–H and O–H groups in total. The predicted octanol–water partition coefficient (Wildman–Crippen LogP) is 2.12. The zero-order chi connectivity index (χ0) is 17.7. The summed E-state index contributed by atoms with van der Waals surface area (Å²) in [5, 5.41) is 0. The summed E-state index contributed by atoms with van der Waals surface area (Å²) in [7, 11) is 0. The van der Waals surface area contributed by atoms with Crippen LogP contribution in [0.4, 0.5) is 13.2 Å². The number of alkyl halides is 3. The normalized spacial score (nSPS) is 14.6. The Morgan fingerprint density at radius 3 is 2.46 bits per heavy atom. The van der Waals surface area contributed by atoms with Gasteiger partial charge in [0.1, 0.15) is 5.75 Å². The first-order valence-corrected chi connectivity index (χ1v) is 7.57. The van der Waals surface area contributed by atoms with E-state index >= 15 is 0 Å². The Balaban J connectivity index is 2.01. The molecule has 0 spiro atoms. The molecule has 2 rings (SSSR count). The molecule has 0 bridgehead atoms. The molecule has 8 heteroatoms. The van der Waals surface area contributed by atoms with Gasteiger partial charge in [0.25, 0.3) is 0 Å². The summed E-state index contributed by atoms with van der Waals surface area (Å²) in [6.07, 6.45) is -4.21. The Hall–Kier alpha value is -2.25. The zero-order valence-corrected chi connectivity index (χ0v) is 13.2. The first kappa shape index (κ1) is 18.1. The van der Waals surface area contributed by atoms with Crippen molar-refractivity contribution in [3.8, 4) is 5.75 Å². The topological polar surface area (TPSA) is 55.8 Å². The van der Waals surface area contributed by atoms with E-state index in [2.05, 4.69) is 0 Å². The Morgan fingerprint density at radius 2 is 1.83 bits per heavy atom. The van der Waals surface area contributed by atoms with Crippen molar-refractivity contribution in [1.29, 1.82) is 0 Å². The summed E-state index contributed by atoms with van der Waals surface area (Å²) in [4.78, 5) is 23.4. The molecular formula is C16H18F3NO4. The predicted molar refractivity (Wildman–Crippen MR) is 78.6 cm³/mol. The number of benzene rings is 1. The van der Waals surface area contributed by atoms with Gasteiger partial charge in [-0.15, -0.1) is 0 Å². The van der Waals surface area contributed by atoms with Crippen molar-refractivity contribution in [1.82, 2.24) is 4.90 Å². The van der Waals surface area contributed by atoms with E-state index in [-0.39, 0.29) is 26.3 Å². The molecule has 0 radical (unpaired) electrons. The lowest BCUT2D eigenvalue weighted by Gasteiger charge is -2.21.